The minimum absolute atomic E-state index is 0.0878. The van der Waals surface area contributed by atoms with E-state index in [0.29, 0.717) is 5.69 Å². The third-order valence-electron chi connectivity index (χ3n) is 3.14. The maximum atomic E-state index is 13.8. The first kappa shape index (κ1) is 14.8. The van der Waals surface area contributed by atoms with Gasteiger partial charge in [0.2, 0.25) is 0 Å². The van der Waals surface area contributed by atoms with Crippen molar-refractivity contribution < 1.29 is 14.3 Å². The van der Waals surface area contributed by atoms with Crippen LogP contribution >= 0.6 is 0 Å². The summed E-state index contributed by atoms with van der Waals surface area (Å²) in [5.41, 5.74) is 7.25. The molecule has 2 aromatic rings. The Kier molecular flexibility index (Phi) is 4.42. The number of rotatable bonds is 5. The summed E-state index contributed by atoms with van der Waals surface area (Å²) in [4.78, 5) is 11.0. The number of hydrogen-bond donors (Lipinski definition) is 3. The third-order valence-corrected chi connectivity index (χ3v) is 3.14. The molecule has 2 aromatic carbocycles. The molecular formula is C16H17FN2O2. The van der Waals surface area contributed by atoms with Crippen molar-refractivity contribution in [3.63, 3.8) is 0 Å². The molecule has 0 bridgehead atoms. The molecule has 0 amide bonds. The van der Waals surface area contributed by atoms with E-state index in [4.69, 9.17) is 10.8 Å². The lowest BCUT2D eigenvalue weighted by Gasteiger charge is -2.11. The number of carbonyl (C=O) groups is 1. The van der Waals surface area contributed by atoms with Crippen LogP contribution in [0.5, 0.6) is 0 Å². The molecule has 4 N–H and O–H groups in total. The molecule has 0 saturated heterocycles. The number of nitrogens with two attached hydrogens (primary N) is 1. The Hall–Kier alpha value is -2.56. The second-order valence-electron chi connectivity index (χ2n) is 4.80. The van der Waals surface area contributed by atoms with Crippen LogP contribution in [0, 0.1) is 5.82 Å². The van der Waals surface area contributed by atoms with Gasteiger partial charge < -0.3 is 16.2 Å². The maximum absolute atomic E-state index is 13.8. The van der Waals surface area contributed by atoms with Gasteiger partial charge in [-0.3, -0.25) is 0 Å². The van der Waals surface area contributed by atoms with Crippen LogP contribution < -0.4 is 11.1 Å². The summed E-state index contributed by atoms with van der Waals surface area (Å²) < 4.78 is 13.8. The van der Waals surface area contributed by atoms with Gasteiger partial charge in [-0.1, -0.05) is 25.5 Å². The molecule has 0 spiro atoms. The smallest absolute Gasteiger partial charge is 0.337 e. The van der Waals surface area contributed by atoms with Crippen LogP contribution in [0.15, 0.2) is 36.4 Å². The van der Waals surface area contributed by atoms with Crippen molar-refractivity contribution in [3.8, 4) is 0 Å². The van der Waals surface area contributed by atoms with Crippen molar-refractivity contribution in [2.45, 2.75) is 19.8 Å². The van der Waals surface area contributed by atoms with Crippen molar-refractivity contribution in [1.82, 2.24) is 0 Å². The van der Waals surface area contributed by atoms with E-state index < -0.39 is 11.8 Å². The van der Waals surface area contributed by atoms with Crippen LogP contribution in [0.3, 0.4) is 0 Å². The Balaban J connectivity index is 2.26. The molecule has 0 atom stereocenters. The monoisotopic (exact) mass is 288 g/mol. The molecule has 110 valence electrons. The van der Waals surface area contributed by atoms with Gasteiger partial charge in [0.1, 0.15) is 5.82 Å². The lowest BCUT2D eigenvalue weighted by atomic mass is 10.1. The fourth-order valence-electron chi connectivity index (χ4n) is 2.07. The molecule has 0 radical (unpaired) electrons. The predicted molar refractivity (Wildman–Crippen MR) is 81.5 cm³/mol. The molecule has 0 aliphatic heterocycles. The van der Waals surface area contributed by atoms with E-state index in [-0.39, 0.29) is 16.9 Å². The topological polar surface area (TPSA) is 75.3 Å². The fourth-order valence-corrected chi connectivity index (χ4v) is 2.07. The highest BCUT2D eigenvalue weighted by atomic mass is 19.1. The van der Waals surface area contributed by atoms with Gasteiger partial charge in [0.25, 0.3) is 0 Å². The highest BCUT2D eigenvalue weighted by molar-refractivity contribution is 5.95. The summed E-state index contributed by atoms with van der Waals surface area (Å²) >= 11 is 0. The van der Waals surface area contributed by atoms with E-state index in [0.717, 1.165) is 18.9 Å². The van der Waals surface area contributed by atoms with Crippen LogP contribution in [0.2, 0.25) is 0 Å². The van der Waals surface area contributed by atoms with Crippen molar-refractivity contribution in [2.75, 3.05) is 11.1 Å². The van der Waals surface area contributed by atoms with Gasteiger partial charge >= 0.3 is 5.97 Å². The number of nitrogen functional groups attached to an aromatic ring is 1. The largest absolute Gasteiger partial charge is 0.478 e. The number of aryl methyl sites for hydroxylation is 1. The summed E-state index contributed by atoms with van der Waals surface area (Å²) in [5.74, 6) is -1.77. The van der Waals surface area contributed by atoms with E-state index in [9.17, 15) is 9.18 Å². The van der Waals surface area contributed by atoms with Gasteiger partial charge in [-0.2, -0.15) is 0 Å². The van der Waals surface area contributed by atoms with Crippen molar-refractivity contribution >= 4 is 23.0 Å². The van der Waals surface area contributed by atoms with Crippen LogP contribution in [0.1, 0.15) is 29.3 Å². The van der Waals surface area contributed by atoms with Crippen LogP contribution in [0.4, 0.5) is 21.5 Å². The van der Waals surface area contributed by atoms with Crippen molar-refractivity contribution in [1.29, 1.82) is 0 Å². The SMILES string of the molecule is CCCc1ccc(Nc2cc(C(=O)O)c(N)cc2F)cc1. The molecule has 0 saturated carbocycles. The van der Waals surface area contributed by atoms with E-state index in [1.165, 1.54) is 11.6 Å². The molecule has 0 fully saturated rings. The number of carboxylic acid groups (broad SMARTS) is 1. The summed E-state index contributed by atoms with van der Waals surface area (Å²) in [6.07, 6.45) is 2.04. The minimum atomic E-state index is -1.19. The lowest BCUT2D eigenvalue weighted by molar-refractivity contribution is 0.0698. The molecule has 4 nitrogen and oxygen atoms in total. The second-order valence-corrected chi connectivity index (χ2v) is 4.80. The molecular weight excluding hydrogens is 271 g/mol. The average Bonchev–Trinajstić information content (AvgIpc) is 2.43. The average molecular weight is 288 g/mol. The van der Waals surface area contributed by atoms with Crippen LogP contribution in [-0.4, -0.2) is 11.1 Å². The first-order valence-electron chi connectivity index (χ1n) is 6.69. The summed E-state index contributed by atoms with van der Waals surface area (Å²) in [6.45, 7) is 2.10. The highest BCUT2D eigenvalue weighted by Gasteiger charge is 2.13. The van der Waals surface area contributed by atoms with E-state index in [1.807, 2.05) is 24.3 Å². The lowest BCUT2D eigenvalue weighted by Crippen LogP contribution is -2.05. The number of aromatic carboxylic acids is 1. The van der Waals surface area contributed by atoms with Gasteiger partial charge in [-0.05, 0) is 36.2 Å². The summed E-state index contributed by atoms with van der Waals surface area (Å²) in [7, 11) is 0. The molecule has 21 heavy (non-hydrogen) atoms. The Morgan fingerprint density at radius 3 is 2.52 bits per heavy atom. The molecule has 0 heterocycles. The van der Waals surface area contributed by atoms with E-state index in [1.54, 1.807) is 0 Å². The standard InChI is InChI=1S/C16H17FN2O2/c1-2-3-10-4-6-11(7-5-10)19-15-8-12(16(20)21)14(18)9-13(15)17/h4-9,19H,2-3,18H2,1H3,(H,20,21). The number of nitrogens with one attached hydrogen (secondary N) is 1. The van der Waals surface area contributed by atoms with Crippen LogP contribution in [-0.2, 0) is 6.42 Å². The third kappa shape index (κ3) is 3.51. The second kappa shape index (κ2) is 6.26. The van der Waals surface area contributed by atoms with Gasteiger partial charge in [0.05, 0.1) is 11.3 Å². The first-order chi connectivity index (χ1) is 10.0. The highest BCUT2D eigenvalue weighted by Crippen LogP contribution is 2.25. The molecule has 0 unspecified atom stereocenters. The zero-order chi connectivity index (χ0) is 15.4. The number of benzene rings is 2. The Morgan fingerprint density at radius 2 is 1.95 bits per heavy atom. The van der Waals surface area contributed by atoms with Gasteiger partial charge in [0, 0.05) is 11.4 Å². The van der Waals surface area contributed by atoms with Crippen molar-refractivity contribution in [2.24, 2.45) is 0 Å². The number of halogens is 1. The first-order valence-corrected chi connectivity index (χ1v) is 6.69. The van der Waals surface area contributed by atoms with E-state index >= 15 is 0 Å². The predicted octanol–water partition coefficient (Wildman–Crippen LogP) is 3.80. The molecule has 5 heteroatoms. The van der Waals surface area contributed by atoms with Gasteiger partial charge in [-0.25, -0.2) is 9.18 Å². The van der Waals surface area contributed by atoms with Gasteiger partial charge in [0.15, 0.2) is 0 Å². The molecule has 2 rings (SSSR count). The fraction of sp³-hybridized carbons (Fsp3) is 0.188. The maximum Gasteiger partial charge on any atom is 0.337 e. The zero-order valence-electron chi connectivity index (χ0n) is 11.7. The normalized spacial score (nSPS) is 10.4. The molecule has 0 aliphatic carbocycles. The number of hydrogen-bond acceptors (Lipinski definition) is 3. The van der Waals surface area contributed by atoms with E-state index in [2.05, 4.69) is 12.2 Å². The minimum Gasteiger partial charge on any atom is -0.478 e. The van der Waals surface area contributed by atoms with Crippen LogP contribution in [0.25, 0.3) is 0 Å². The van der Waals surface area contributed by atoms with Crippen molar-refractivity contribution in [3.05, 3.63) is 53.3 Å². The Morgan fingerprint density at radius 1 is 1.29 bits per heavy atom. The van der Waals surface area contributed by atoms with Gasteiger partial charge in [-0.15, -0.1) is 0 Å². The Labute approximate surface area is 122 Å². The Bertz CT molecular complexity index is 654. The summed E-state index contributed by atoms with van der Waals surface area (Å²) in [6, 6.07) is 9.80. The molecule has 0 aromatic heterocycles. The number of carboxylic acids is 1. The molecule has 0 aliphatic rings. The summed E-state index contributed by atoms with van der Waals surface area (Å²) in [5, 5.41) is 11.9. The number of anilines is 3. The zero-order valence-corrected chi connectivity index (χ0v) is 11.7. The quantitative estimate of drug-likeness (QED) is 0.731.